The molecule has 5 rings (SSSR count). The number of carbonyl (C=O) groups is 1. The van der Waals surface area contributed by atoms with Crippen LogP contribution in [0.4, 0.5) is 111 Å². The zero-order valence-electron chi connectivity index (χ0n) is 35.2. The number of rotatable bonds is 8. The maximum Gasteiger partial charge on any atom is 0.416 e. The van der Waals surface area contributed by atoms with Gasteiger partial charge in [0.05, 0.1) is 61.9 Å². The summed E-state index contributed by atoms with van der Waals surface area (Å²) < 4.78 is 341. The van der Waals surface area contributed by atoms with Crippen LogP contribution in [0.1, 0.15) is 54.9 Å². The normalized spacial score (nSPS) is 13.5. The molecule has 0 unspecified atom stereocenters. The van der Waals surface area contributed by atoms with Crippen molar-refractivity contribution in [3.05, 3.63) is 157 Å². The Morgan fingerprint density at radius 1 is 0.417 bits per heavy atom. The second kappa shape index (κ2) is 19.7. The van der Waals surface area contributed by atoms with E-state index in [9.17, 15) is 120 Å². The summed E-state index contributed by atoms with van der Waals surface area (Å²) >= 11 is 0. The number of alkyl halides is 24. The summed E-state index contributed by atoms with van der Waals surface area (Å²) in [6.07, 6.45) is -50.9. The van der Waals surface area contributed by atoms with Crippen molar-refractivity contribution in [1.29, 1.82) is 0 Å². The number of hydrogen-bond acceptors (Lipinski definition) is 3. The second-order valence-electron chi connectivity index (χ2n) is 15.6. The summed E-state index contributed by atoms with van der Waals surface area (Å²) in [5.41, 5.74) is -29.8. The SMILES string of the molecule is C[S+](C)CC(=O)c1cccc([N+](=O)[O-])c1.FC(F)(F)c1cc([B-](c2cc(C(F)(F)F)cc(C(F)(F)F)c2)(c2cc(C(F)(F)F)cc(C(F)(F)F)c2)c2cc(C(F)(F)F)cc(C(F)(F)F)c2)cc(C(F)(F)F)c1. The van der Waals surface area contributed by atoms with Gasteiger partial charge in [0.2, 0.25) is 5.78 Å². The minimum absolute atomic E-state index is 0.0171. The number of nitro groups is 1. The topological polar surface area (TPSA) is 60.2 Å². The zero-order valence-corrected chi connectivity index (χ0v) is 36.0. The molecule has 4 nitrogen and oxygen atoms in total. The maximum atomic E-state index is 14.2. The molecule has 0 aliphatic heterocycles. The first-order chi connectivity index (χ1) is 32.3. The van der Waals surface area contributed by atoms with E-state index in [-0.39, 0.29) is 22.4 Å². The van der Waals surface area contributed by atoms with Gasteiger partial charge in [-0.15, -0.1) is 0 Å². The van der Waals surface area contributed by atoms with Crippen LogP contribution < -0.4 is 21.9 Å². The summed E-state index contributed by atoms with van der Waals surface area (Å²) in [6, 6.07) is -2.95. The van der Waals surface area contributed by atoms with Crippen LogP contribution in [0.25, 0.3) is 0 Å². The fourth-order valence-corrected chi connectivity index (χ4v) is 7.90. The quantitative estimate of drug-likeness (QED) is 0.0388. The van der Waals surface area contributed by atoms with E-state index in [2.05, 4.69) is 0 Å². The standard InChI is InChI=1S/C32H12BF24.C10H12NO3S/c34-25(35,36)13-1-14(26(37,38)39)6-21(5-13)33(22-7-15(27(40,41)42)2-16(8-22)28(43,44)45,23-9-17(29(46,47)48)3-18(10-23)30(49,50)51)24-11-19(31(52,53)54)4-20(12-24)32(55,56)57;1-15(2)7-10(12)8-4-3-5-9(6-8)11(13)14/h1-12H;3-6H,7H2,1-2H3/q-1;+1. The van der Waals surface area contributed by atoms with Gasteiger partial charge in [0.25, 0.3) is 5.69 Å². The van der Waals surface area contributed by atoms with Gasteiger partial charge in [-0.25, -0.2) is 0 Å². The Balaban J connectivity index is 0.000000639. The molecule has 0 aliphatic carbocycles. The number of non-ortho nitro benzene ring substituents is 1. The Morgan fingerprint density at radius 2 is 0.639 bits per heavy atom. The lowest BCUT2D eigenvalue weighted by atomic mass is 9.12. The van der Waals surface area contributed by atoms with Crippen molar-refractivity contribution in [2.75, 3.05) is 18.3 Å². The number of benzene rings is 5. The Labute approximate surface area is 390 Å². The van der Waals surface area contributed by atoms with Crippen LogP contribution in [0.15, 0.2) is 97.1 Å². The summed E-state index contributed by atoms with van der Waals surface area (Å²) in [4.78, 5) is 21.6. The molecule has 0 saturated carbocycles. The summed E-state index contributed by atoms with van der Waals surface area (Å²) in [6.45, 7) is 0. The molecule has 0 N–H and O–H groups in total. The largest absolute Gasteiger partial charge is 0.416 e. The fraction of sp³-hybridized carbons (Fsp3) is 0.262. The van der Waals surface area contributed by atoms with E-state index in [1.165, 1.54) is 18.2 Å². The molecule has 0 amide bonds. The lowest BCUT2D eigenvalue weighted by molar-refractivity contribution is -0.384. The van der Waals surface area contributed by atoms with Crippen LogP contribution in [0.2, 0.25) is 0 Å². The molecule has 30 heteroatoms. The molecular weight excluding hydrogens is 1070 g/mol. The van der Waals surface area contributed by atoms with Crippen LogP contribution in [-0.2, 0) is 60.3 Å². The lowest BCUT2D eigenvalue weighted by Gasteiger charge is -2.46. The van der Waals surface area contributed by atoms with Crippen LogP contribution >= 0.6 is 0 Å². The van der Waals surface area contributed by atoms with Crippen molar-refractivity contribution in [3.63, 3.8) is 0 Å². The van der Waals surface area contributed by atoms with Crippen molar-refractivity contribution in [2.45, 2.75) is 49.4 Å². The maximum absolute atomic E-state index is 14.2. The van der Waals surface area contributed by atoms with E-state index in [1.54, 1.807) is 6.07 Å². The lowest BCUT2D eigenvalue weighted by Crippen LogP contribution is -2.75. The number of carbonyl (C=O) groups excluding carboxylic acids is 1. The van der Waals surface area contributed by atoms with Gasteiger partial charge >= 0.3 is 49.4 Å². The molecule has 5 aromatic carbocycles. The minimum Gasteiger partial charge on any atom is -0.289 e. The van der Waals surface area contributed by atoms with Gasteiger partial charge in [-0.3, -0.25) is 14.9 Å². The molecule has 0 bridgehead atoms. The van der Waals surface area contributed by atoms with Gasteiger partial charge in [0, 0.05) is 17.7 Å². The number of halogens is 24. The Bertz CT molecular complexity index is 2380. The van der Waals surface area contributed by atoms with E-state index < -0.39 is 200 Å². The number of Topliss-reactive ketones (excluding diaryl/α,β-unsaturated/α-hetero) is 1. The van der Waals surface area contributed by atoms with Gasteiger partial charge in [0.15, 0.2) is 5.75 Å². The molecule has 0 fully saturated rings. The molecule has 0 spiro atoms. The second-order valence-corrected chi connectivity index (χ2v) is 17.8. The average molecular weight is 1090 g/mol. The molecule has 0 saturated heterocycles. The van der Waals surface area contributed by atoms with Gasteiger partial charge in [-0.05, 0) is 35.2 Å². The third-order valence-electron chi connectivity index (χ3n) is 10.2. The smallest absolute Gasteiger partial charge is 0.289 e. The first-order valence-electron chi connectivity index (χ1n) is 18.9. The summed E-state index contributed by atoms with van der Waals surface area (Å²) in [5.74, 6) is 0.410. The van der Waals surface area contributed by atoms with E-state index in [0.29, 0.717) is 11.3 Å². The zero-order chi connectivity index (χ0) is 55.3. The molecule has 0 heterocycles. The van der Waals surface area contributed by atoms with E-state index in [1.807, 2.05) is 12.5 Å². The first-order valence-corrected chi connectivity index (χ1v) is 21.2. The van der Waals surface area contributed by atoms with Gasteiger partial charge in [0.1, 0.15) is 6.15 Å². The molecule has 0 aliphatic rings. The van der Waals surface area contributed by atoms with Crippen molar-refractivity contribution in [3.8, 4) is 0 Å². The van der Waals surface area contributed by atoms with Crippen LogP contribution in [-0.4, -0.2) is 35.1 Å². The Hall–Kier alpha value is -6.10. The summed E-state index contributed by atoms with van der Waals surface area (Å²) in [5, 5.41) is 10.5. The third kappa shape index (κ3) is 13.7. The Kier molecular flexibility index (Phi) is 16.0. The average Bonchev–Trinajstić information content (AvgIpc) is 3.21. The molecule has 0 radical (unpaired) electrons. The third-order valence-corrected chi connectivity index (χ3v) is 11.1. The van der Waals surface area contributed by atoms with Crippen molar-refractivity contribution < 1.29 is 115 Å². The van der Waals surface area contributed by atoms with Crippen molar-refractivity contribution in [2.24, 2.45) is 0 Å². The molecular formula is C42H24BF24NO3S. The fourth-order valence-electron chi connectivity index (χ4n) is 7.21. The highest BCUT2D eigenvalue weighted by Crippen LogP contribution is 2.41. The number of hydrogen-bond donors (Lipinski definition) is 0. The predicted molar refractivity (Wildman–Crippen MR) is 212 cm³/mol. The van der Waals surface area contributed by atoms with Crippen LogP contribution in [0.3, 0.4) is 0 Å². The Morgan fingerprint density at radius 3 is 0.819 bits per heavy atom. The molecule has 5 aromatic rings. The molecule has 0 atom stereocenters. The van der Waals surface area contributed by atoms with Crippen molar-refractivity contribution >= 4 is 50.4 Å². The van der Waals surface area contributed by atoms with Crippen LogP contribution in [0, 0.1) is 10.1 Å². The van der Waals surface area contributed by atoms with Gasteiger partial charge in [-0.1, -0.05) is 60.7 Å². The minimum atomic E-state index is -6.13. The van der Waals surface area contributed by atoms with E-state index in [0.717, 1.165) is 0 Å². The van der Waals surface area contributed by atoms with Gasteiger partial charge < -0.3 is 0 Å². The predicted octanol–water partition coefficient (Wildman–Crippen LogP) is 12.9. The highest BCUT2D eigenvalue weighted by Gasteiger charge is 2.47. The summed E-state index contributed by atoms with van der Waals surface area (Å²) in [7, 11) is 0.0171. The molecule has 72 heavy (non-hydrogen) atoms. The first kappa shape index (κ1) is 58.5. The van der Waals surface area contributed by atoms with Crippen LogP contribution in [0.5, 0.6) is 0 Å². The highest BCUT2D eigenvalue weighted by atomic mass is 32.2. The van der Waals surface area contributed by atoms with Crippen molar-refractivity contribution in [1.82, 2.24) is 0 Å². The highest BCUT2D eigenvalue weighted by molar-refractivity contribution is 7.96. The monoisotopic (exact) mass is 1090 g/mol. The number of nitrogens with zero attached hydrogens (tertiary/aromatic N) is 1. The molecule has 0 aromatic heterocycles. The molecule has 392 valence electrons. The van der Waals surface area contributed by atoms with E-state index in [4.69, 9.17) is 0 Å². The number of nitro benzene ring substituents is 1. The number of ketones is 1. The van der Waals surface area contributed by atoms with Gasteiger partial charge in [-0.2, -0.15) is 127 Å². The van der Waals surface area contributed by atoms with E-state index >= 15 is 0 Å².